The van der Waals surface area contributed by atoms with Crippen molar-refractivity contribution in [1.82, 2.24) is 4.98 Å². The summed E-state index contributed by atoms with van der Waals surface area (Å²) < 4.78 is 0. The van der Waals surface area contributed by atoms with Gasteiger partial charge in [0.25, 0.3) is 0 Å². The van der Waals surface area contributed by atoms with Gasteiger partial charge < -0.3 is 5.32 Å². The van der Waals surface area contributed by atoms with E-state index in [1.807, 2.05) is 12.1 Å². The van der Waals surface area contributed by atoms with Crippen LogP contribution >= 0.6 is 11.6 Å². The van der Waals surface area contributed by atoms with Crippen molar-refractivity contribution in [2.75, 3.05) is 5.32 Å². The first-order chi connectivity index (χ1) is 6.85. The minimum Gasteiger partial charge on any atom is -0.366 e. The lowest BCUT2D eigenvalue weighted by Gasteiger charge is -2.06. The number of nitrogens with one attached hydrogen (secondary N) is 1. The zero-order valence-electron chi connectivity index (χ0n) is 9.63. The van der Waals surface area contributed by atoms with Crippen LogP contribution in [-0.4, -0.2) is 11.0 Å². The number of anilines is 1. The Balaban J connectivity index is 2.09. The molecule has 0 spiro atoms. The van der Waals surface area contributed by atoms with Gasteiger partial charge in [-0.15, -0.1) is 0 Å². The summed E-state index contributed by atoms with van der Waals surface area (Å²) >= 11 is 5.79. The van der Waals surface area contributed by atoms with E-state index >= 15 is 0 Å². The van der Waals surface area contributed by atoms with E-state index in [-0.39, 0.29) is 0 Å². The lowest BCUT2D eigenvalue weighted by Crippen LogP contribution is -2.10. The van der Waals surface area contributed by atoms with Gasteiger partial charge in [0.2, 0.25) is 0 Å². The van der Waals surface area contributed by atoms with Crippen LogP contribution in [0.1, 0.15) is 27.7 Å². The standard InChI is InChI=1S/C12H17ClN2/c1-11(2)10(12(11,3)4)15-9-6-5-8(13)7-14-9/h5-7,10H,1-4H3,(H,14,15). The fraction of sp³-hybridized carbons (Fsp3) is 0.583. The number of halogens is 1. The van der Waals surface area contributed by atoms with Gasteiger partial charge in [-0.25, -0.2) is 4.98 Å². The number of pyridine rings is 1. The van der Waals surface area contributed by atoms with Gasteiger partial charge >= 0.3 is 0 Å². The van der Waals surface area contributed by atoms with Crippen molar-refractivity contribution in [3.05, 3.63) is 23.4 Å². The Morgan fingerprint density at radius 2 is 1.80 bits per heavy atom. The van der Waals surface area contributed by atoms with Gasteiger partial charge in [-0.2, -0.15) is 0 Å². The number of rotatable bonds is 2. The summed E-state index contributed by atoms with van der Waals surface area (Å²) in [5, 5.41) is 4.13. The van der Waals surface area contributed by atoms with Gasteiger partial charge in [-0.05, 0) is 23.0 Å². The van der Waals surface area contributed by atoms with Gasteiger partial charge in [0.1, 0.15) is 5.82 Å². The van der Waals surface area contributed by atoms with Crippen LogP contribution in [0, 0.1) is 10.8 Å². The molecule has 1 aromatic rings. The summed E-state index contributed by atoms with van der Waals surface area (Å²) in [4.78, 5) is 4.25. The highest BCUT2D eigenvalue weighted by Gasteiger charge is 2.65. The second-order valence-electron chi connectivity index (χ2n) is 5.38. The Kier molecular flexibility index (Phi) is 2.23. The van der Waals surface area contributed by atoms with E-state index in [1.54, 1.807) is 6.20 Å². The fourth-order valence-electron chi connectivity index (χ4n) is 2.17. The summed E-state index contributed by atoms with van der Waals surface area (Å²) in [7, 11) is 0. The van der Waals surface area contributed by atoms with E-state index in [2.05, 4.69) is 38.0 Å². The van der Waals surface area contributed by atoms with Crippen LogP contribution in [0.2, 0.25) is 5.02 Å². The molecule has 2 rings (SSSR count). The SMILES string of the molecule is CC1(C)C(Nc2ccc(Cl)cn2)C1(C)C. The van der Waals surface area contributed by atoms with Gasteiger partial charge in [-0.1, -0.05) is 39.3 Å². The smallest absolute Gasteiger partial charge is 0.126 e. The van der Waals surface area contributed by atoms with Crippen LogP contribution in [0.3, 0.4) is 0 Å². The molecule has 1 N–H and O–H groups in total. The summed E-state index contributed by atoms with van der Waals surface area (Å²) in [5.41, 5.74) is 0.655. The average Bonchev–Trinajstić information content (AvgIpc) is 2.52. The third-order valence-corrected chi connectivity index (χ3v) is 4.26. The molecule has 0 unspecified atom stereocenters. The van der Waals surface area contributed by atoms with E-state index in [9.17, 15) is 0 Å². The van der Waals surface area contributed by atoms with E-state index in [0.717, 1.165) is 5.82 Å². The average molecular weight is 225 g/mol. The van der Waals surface area contributed by atoms with Crippen LogP contribution in [-0.2, 0) is 0 Å². The first-order valence-corrected chi connectivity index (χ1v) is 5.61. The number of nitrogens with zero attached hydrogens (tertiary/aromatic N) is 1. The van der Waals surface area contributed by atoms with Crippen LogP contribution in [0.25, 0.3) is 0 Å². The van der Waals surface area contributed by atoms with Gasteiger partial charge in [0.05, 0.1) is 5.02 Å². The molecule has 0 atom stereocenters. The third kappa shape index (κ3) is 1.61. The second kappa shape index (κ2) is 3.11. The normalized spacial score (nSPS) is 22.5. The van der Waals surface area contributed by atoms with Crippen LogP contribution in [0.4, 0.5) is 5.82 Å². The molecule has 0 radical (unpaired) electrons. The van der Waals surface area contributed by atoms with Crippen molar-refractivity contribution in [3.8, 4) is 0 Å². The van der Waals surface area contributed by atoms with Crippen LogP contribution < -0.4 is 5.32 Å². The molecular formula is C12H17ClN2. The molecular weight excluding hydrogens is 208 g/mol. The van der Waals surface area contributed by atoms with Gasteiger partial charge in [0, 0.05) is 12.2 Å². The predicted octanol–water partition coefficient (Wildman–Crippen LogP) is 3.58. The predicted molar refractivity (Wildman–Crippen MR) is 64.2 cm³/mol. The minimum atomic E-state index is 0.328. The monoisotopic (exact) mass is 224 g/mol. The van der Waals surface area contributed by atoms with Gasteiger partial charge in [0.15, 0.2) is 0 Å². The van der Waals surface area contributed by atoms with Crippen LogP contribution in [0.15, 0.2) is 18.3 Å². The molecule has 1 aliphatic rings. The van der Waals surface area contributed by atoms with Crippen molar-refractivity contribution < 1.29 is 0 Å². The maximum absolute atomic E-state index is 5.79. The minimum absolute atomic E-state index is 0.328. The number of aromatic nitrogens is 1. The molecule has 1 aliphatic carbocycles. The van der Waals surface area contributed by atoms with Crippen molar-refractivity contribution in [2.45, 2.75) is 33.7 Å². The van der Waals surface area contributed by atoms with Crippen LogP contribution in [0.5, 0.6) is 0 Å². The summed E-state index contributed by atoms with van der Waals surface area (Å²) in [6.07, 6.45) is 1.67. The molecule has 1 heterocycles. The lowest BCUT2D eigenvalue weighted by molar-refractivity contribution is 0.457. The van der Waals surface area contributed by atoms with E-state index in [0.29, 0.717) is 21.9 Å². The summed E-state index contributed by atoms with van der Waals surface area (Å²) in [6.45, 7) is 9.11. The molecule has 0 bridgehead atoms. The van der Waals surface area contributed by atoms with E-state index in [4.69, 9.17) is 11.6 Å². The molecule has 0 amide bonds. The Hall–Kier alpha value is -0.760. The molecule has 1 aromatic heterocycles. The Morgan fingerprint density at radius 1 is 1.20 bits per heavy atom. The van der Waals surface area contributed by atoms with Crippen molar-refractivity contribution in [3.63, 3.8) is 0 Å². The Labute approximate surface area is 96.1 Å². The van der Waals surface area contributed by atoms with Crippen molar-refractivity contribution >= 4 is 17.4 Å². The lowest BCUT2D eigenvalue weighted by atomic mass is 10.0. The van der Waals surface area contributed by atoms with Crippen molar-refractivity contribution in [2.24, 2.45) is 10.8 Å². The summed E-state index contributed by atoms with van der Waals surface area (Å²) in [6, 6.07) is 4.27. The maximum Gasteiger partial charge on any atom is 0.126 e. The molecule has 15 heavy (non-hydrogen) atoms. The molecule has 2 nitrogen and oxygen atoms in total. The molecule has 0 saturated heterocycles. The first-order valence-electron chi connectivity index (χ1n) is 5.24. The Bertz CT molecular complexity index is 354. The topological polar surface area (TPSA) is 24.9 Å². The number of hydrogen-bond acceptors (Lipinski definition) is 2. The molecule has 1 fully saturated rings. The van der Waals surface area contributed by atoms with E-state index in [1.165, 1.54) is 0 Å². The molecule has 0 aliphatic heterocycles. The fourth-order valence-corrected chi connectivity index (χ4v) is 2.28. The third-order valence-electron chi connectivity index (χ3n) is 4.04. The highest BCUT2D eigenvalue weighted by Crippen LogP contribution is 2.63. The summed E-state index contributed by atoms with van der Waals surface area (Å²) in [5.74, 6) is 0.906. The first kappa shape index (κ1) is 10.7. The second-order valence-corrected chi connectivity index (χ2v) is 5.82. The zero-order chi connectivity index (χ0) is 11.3. The number of hydrogen-bond donors (Lipinski definition) is 1. The van der Waals surface area contributed by atoms with Gasteiger partial charge in [-0.3, -0.25) is 0 Å². The van der Waals surface area contributed by atoms with E-state index < -0.39 is 0 Å². The molecule has 1 saturated carbocycles. The van der Waals surface area contributed by atoms with Crippen molar-refractivity contribution in [1.29, 1.82) is 0 Å². The quantitative estimate of drug-likeness (QED) is 0.831. The Morgan fingerprint density at radius 3 is 2.20 bits per heavy atom. The zero-order valence-corrected chi connectivity index (χ0v) is 10.4. The molecule has 3 heteroatoms. The largest absolute Gasteiger partial charge is 0.366 e. The highest BCUT2D eigenvalue weighted by atomic mass is 35.5. The molecule has 82 valence electrons. The highest BCUT2D eigenvalue weighted by molar-refractivity contribution is 6.30. The maximum atomic E-state index is 5.79. The molecule has 0 aromatic carbocycles.